The summed E-state index contributed by atoms with van der Waals surface area (Å²) in [5, 5.41) is 6.99. The maximum absolute atomic E-state index is 11.6. The summed E-state index contributed by atoms with van der Waals surface area (Å²) < 4.78 is 2.85. The second kappa shape index (κ2) is 7.40. The third kappa shape index (κ3) is 4.94. The number of hydrogen-bond acceptors (Lipinski definition) is 3. The van der Waals surface area contributed by atoms with Crippen molar-refractivity contribution in [1.82, 2.24) is 15.1 Å². The van der Waals surface area contributed by atoms with Crippen LogP contribution in [0.15, 0.2) is 34.4 Å². The van der Waals surface area contributed by atoms with E-state index < -0.39 is 0 Å². The van der Waals surface area contributed by atoms with Gasteiger partial charge in [0.25, 0.3) is 0 Å². The lowest BCUT2D eigenvalue weighted by Crippen LogP contribution is -2.22. The van der Waals surface area contributed by atoms with Crippen molar-refractivity contribution in [2.75, 3.05) is 6.54 Å². The van der Waals surface area contributed by atoms with Crippen molar-refractivity contribution >= 4 is 39.2 Å². The third-order valence-corrected chi connectivity index (χ3v) is 4.28. The lowest BCUT2D eigenvalue weighted by atomic mass is 10.2. The van der Waals surface area contributed by atoms with E-state index in [9.17, 15) is 4.79 Å². The lowest BCUT2D eigenvalue weighted by molar-refractivity contribution is -0.116. The predicted octanol–water partition coefficient (Wildman–Crippen LogP) is 3.01. The zero-order valence-corrected chi connectivity index (χ0v) is 13.6. The number of rotatable bonds is 6. The molecule has 1 amide bonds. The molecule has 0 fully saturated rings. The SMILES string of the molecule is Cn1cc(CCCNC(=O)C=Cc2ccc(Br)s2)cn1. The van der Waals surface area contributed by atoms with Gasteiger partial charge in [0.2, 0.25) is 5.91 Å². The van der Waals surface area contributed by atoms with Crippen LogP contribution in [0.1, 0.15) is 16.9 Å². The van der Waals surface area contributed by atoms with Crippen LogP contribution in [-0.4, -0.2) is 22.2 Å². The van der Waals surface area contributed by atoms with E-state index in [1.165, 1.54) is 5.56 Å². The van der Waals surface area contributed by atoms with Gasteiger partial charge in [-0.3, -0.25) is 9.48 Å². The van der Waals surface area contributed by atoms with Crippen molar-refractivity contribution in [3.05, 3.63) is 44.8 Å². The predicted molar refractivity (Wildman–Crippen MR) is 85.6 cm³/mol. The molecule has 106 valence electrons. The molecule has 0 aromatic carbocycles. The van der Waals surface area contributed by atoms with Crippen molar-refractivity contribution in [3.8, 4) is 0 Å². The van der Waals surface area contributed by atoms with Gasteiger partial charge in [0, 0.05) is 30.7 Å². The monoisotopic (exact) mass is 353 g/mol. The molecule has 4 nitrogen and oxygen atoms in total. The Morgan fingerprint density at radius 3 is 3.05 bits per heavy atom. The summed E-state index contributed by atoms with van der Waals surface area (Å²) >= 11 is 4.99. The first kappa shape index (κ1) is 15.0. The Labute approximate surface area is 130 Å². The average molecular weight is 354 g/mol. The summed E-state index contributed by atoms with van der Waals surface area (Å²) in [7, 11) is 1.90. The van der Waals surface area contributed by atoms with Crippen LogP contribution in [-0.2, 0) is 18.3 Å². The van der Waals surface area contributed by atoms with Crippen LogP contribution in [0.25, 0.3) is 6.08 Å². The van der Waals surface area contributed by atoms with Crippen LogP contribution in [0.2, 0.25) is 0 Å². The molecule has 0 saturated heterocycles. The normalized spacial score (nSPS) is 11.1. The van der Waals surface area contributed by atoms with Gasteiger partial charge in [0.15, 0.2) is 0 Å². The molecule has 0 bridgehead atoms. The standard InChI is InChI=1S/C14H16BrN3OS/c1-18-10-11(9-17-18)3-2-8-16-14(19)7-5-12-4-6-13(15)20-12/h4-7,9-10H,2-3,8H2,1H3,(H,16,19). The van der Waals surface area contributed by atoms with Gasteiger partial charge in [-0.2, -0.15) is 5.10 Å². The highest BCUT2D eigenvalue weighted by Gasteiger charge is 1.99. The van der Waals surface area contributed by atoms with Gasteiger partial charge in [-0.1, -0.05) is 0 Å². The average Bonchev–Trinajstić information content (AvgIpc) is 3.01. The number of carbonyl (C=O) groups excluding carboxylic acids is 1. The van der Waals surface area contributed by atoms with Gasteiger partial charge in [0.1, 0.15) is 0 Å². The van der Waals surface area contributed by atoms with Gasteiger partial charge in [-0.15, -0.1) is 11.3 Å². The number of aryl methyl sites for hydroxylation is 2. The number of amides is 1. The van der Waals surface area contributed by atoms with Gasteiger partial charge in [0.05, 0.1) is 9.98 Å². The molecule has 0 spiro atoms. The summed E-state index contributed by atoms with van der Waals surface area (Å²) in [5.74, 6) is -0.0549. The van der Waals surface area contributed by atoms with Crippen LogP contribution in [0.5, 0.6) is 0 Å². The minimum atomic E-state index is -0.0549. The van der Waals surface area contributed by atoms with Crippen LogP contribution >= 0.6 is 27.3 Å². The summed E-state index contributed by atoms with van der Waals surface area (Å²) in [6.45, 7) is 0.673. The van der Waals surface area contributed by atoms with E-state index in [2.05, 4.69) is 26.3 Å². The minimum Gasteiger partial charge on any atom is -0.353 e. The number of nitrogens with zero attached hydrogens (tertiary/aromatic N) is 2. The quantitative estimate of drug-likeness (QED) is 0.640. The van der Waals surface area contributed by atoms with Crippen LogP contribution in [0.3, 0.4) is 0 Å². The van der Waals surface area contributed by atoms with E-state index in [0.29, 0.717) is 6.54 Å². The molecule has 0 atom stereocenters. The summed E-state index contributed by atoms with van der Waals surface area (Å²) in [6, 6.07) is 3.94. The highest BCUT2D eigenvalue weighted by Crippen LogP contribution is 2.22. The second-order valence-corrected chi connectivity index (χ2v) is 6.89. The van der Waals surface area contributed by atoms with E-state index in [-0.39, 0.29) is 5.91 Å². The van der Waals surface area contributed by atoms with Crippen LogP contribution in [0, 0.1) is 0 Å². The topological polar surface area (TPSA) is 46.9 Å². The fraction of sp³-hybridized carbons (Fsp3) is 0.286. The van der Waals surface area contributed by atoms with E-state index >= 15 is 0 Å². The van der Waals surface area contributed by atoms with Crippen molar-refractivity contribution in [2.45, 2.75) is 12.8 Å². The Kier molecular flexibility index (Phi) is 5.55. The Hall–Kier alpha value is -1.40. The zero-order valence-electron chi connectivity index (χ0n) is 11.2. The maximum Gasteiger partial charge on any atom is 0.244 e. The van der Waals surface area contributed by atoms with E-state index in [1.807, 2.05) is 37.7 Å². The third-order valence-electron chi connectivity index (χ3n) is 2.69. The molecule has 6 heteroatoms. The van der Waals surface area contributed by atoms with Crippen molar-refractivity contribution in [2.24, 2.45) is 7.05 Å². The minimum absolute atomic E-state index is 0.0549. The largest absolute Gasteiger partial charge is 0.353 e. The molecule has 0 aliphatic heterocycles. The van der Waals surface area contributed by atoms with Gasteiger partial charge >= 0.3 is 0 Å². The van der Waals surface area contributed by atoms with Crippen LogP contribution < -0.4 is 5.32 Å². The molecule has 2 aromatic heterocycles. The summed E-state index contributed by atoms with van der Waals surface area (Å²) in [4.78, 5) is 12.7. The maximum atomic E-state index is 11.6. The van der Waals surface area contributed by atoms with E-state index in [0.717, 1.165) is 21.5 Å². The smallest absolute Gasteiger partial charge is 0.244 e. The molecular formula is C14H16BrN3OS. The van der Waals surface area contributed by atoms with Crippen LogP contribution in [0.4, 0.5) is 0 Å². The van der Waals surface area contributed by atoms with Crippen molar-refractivity contribution in [1.29, 1.82) is 0 Å². The summed E-state index contributed by atoms with van der Waals surface area (Å²) in [5.41, 5.74) is 1.20. The molecule has 0 saturated carbocycles. The molecular weight excluding hydrogens is 338 g/mol. The fourth-order valence-electron chi connectivity index (χ4n) is 1.74. The molecule has 20 heavy (non-hydrogen) atoms. The van der Waals surface area contributed by atoms with Gasteiger partial charge in [-0.25, -0.2) is 0 Å². The molecule has 0 unspecified atom stereocenters. The first-order chi connectivity index (χ1) is 9.63. The van der Waals surface area contributed by atoms with Gasteiger partial charge in [-0.05, 0) is 52.5 Å². The number of aromatic nitrogens is 2. The Balaban J connectivity index is 1.66. The Morgan fingerprint density at radius 2 is 2.40 bits per heavy atom. The number of nitrogens with one attached hydrogen (secondary N) is 1. The Bertz CT molecular complexity index is 603. The van der Waals surface area contributed by atoms with Gasteiger partial charge < -0.3 is 5.32 Å². The molecule has 0 aliphatic rings. The number of carbonyl (C=O) groups is 1. The van der Waals surface area contributed by atoms with E-state index in [4.69, 9.17) is 0 Å². The molecule has 2 rings (SSSR count). The highest BCUT2D eigenvalue weighted by atomic mass is 79.9. The first-order valence-corrected chi connectivity index (χ1v) is 7.93. The second-order valence-electron chi connectivity index (χ2n) is 4.39. The number of halogens is 1. The lowest BCUT2D eigenvalue weighted by Gasteiger charge is -2.00. The molecule has 0 radical (unpaired) electrons. The van der Waals surface area contributed by atoms with E-state index in [1.54, 1.807) is 22.1 Å². The molecule has 0 aliphatic carbocycles. The number of thiophene rings is 1. The zero-order chi connectivity index (χ0) is 14.4. The summed E-state index contributed by atoms with van der Waals surface area (Å²) in [6.07, 6.45) is 9.09. The fourth-order valence-corrected chi connectivity index (χ4v) is 3.07. The van der Waals surface area contributed by atoms with Crippen molar-refractivity contribution in [3.63, 3.8) is 0 Å². The number of hydrogen-bond donors (Lipinski definition) is 1. The first-order valence-electron chi connectivity index (χ1n) is 6.32. The molecule has 2 aromatic rings. The van der Waals surface area contributed by atoms with Crippen molar-refractivity contribution < 1.29 is 4.79 Å². The Morgan fingerprint density at radius 1 is 1.55 bits per heavy atom. The highest BCUT2D eigenvalue weighted by molar-refractivity contribution is 9.11. The molecule has 1 N–H and O–H groups in total. The molecule has 2 heterocycles.